The fourth-order valence-electron chi connectivity index (χ4n) is 1.50. The number of methoxy groups -OCH3 is 1. The molecule has 0 radical (unpaired) electrons. The molecular formula is C13H18BrNO4. The maximum atomic E-state index is 11.7. The first-order valence-corrected chi connectivity index (χ1v) is 6.72. The average molecular weight is 332 g/mol. The van der Waals surface area contributed by atoms with E-state index in [9.17, 15) is 4.79 Å². The molecule has 0 fully saturated rings. The van der Waals surface area contributed by atoms with Gasteiger partial charge in [-0.15, -0.1) is 0 Å². The van der Waals surface area contributed by atoms with Crippen LogP contribution < -0.4 is 10.1 Å². The van der Waals surface area contributed by atoms with Crippen molar-refractivity contribution >= 4 is 21.8 Å². The molecule has 0 spiro atoms. The van der Waals surface area contributed by atoms with E-state index in [-0.39, 0.29) is 25.2 Å². The quantitative estimate of drug-likeness (QED) is 0.754. The molecule has 1 unspecified atom stereocenters. The number of benzene rings is 1. The summed E-state index contributed by atoms with van der Waals surface area (Å²) in [5, 5.41) is 11.6. The summed E-state index contributed by atoms with van der Waals surface area (Å²) in [5.74, 6) is 0.391. The van der Waals surface area contributed by atoms with Crippen LogP contribution in [0.3, 0.4) is 0 Å². The third-order valence-electron chi connectivity index (χ3n) is 2.39. The first-order chi connectivity index (χ1) is 9.15. The number of ether oxygens (including phenoxy) is 2. The predicted octanol–water partition coefficient (Wildman–Crippen LogP) is 1.34. The summed E-state index contributed by atoms with van der Waals surface area (Å²) < 4.78 is 11.3. The van der Waals surface area contributed by atoms with E-state index in [1.54, 1.807) is 19.2 Å². The Morgan fingerprint density at radius 1 is 1.42 bits per heavy atom. The smallest absolute Gasteiger partial charge is 0.258 e. The van der Waals surface area contributed by atoms with Crippen molar-refractivity contribution in [3.05, 3.63) is 28.7 Å². The number of aliphatic hydroxyl groups is 1. The van der Waals surface area contributed by atoms with E-state index < -0.39 is 0 Å². The number of hydrogen-bond donors (Lipinski definition) is 2. The summed E-state index contributed by atoms with van der Waals surface area (Å²) in [5.41, 5.74) is 0. The van der Waals surface area contributed by atoms with Crippen LogP contribution in [0.1, 0.15) is 6.42 Å². The van der Waals surface area contributed by atoms with Gasteiger partial charge in [0.1, 0.15) is 5.75 Å². The highest BCUT2D eigenvalue weighted by Gasteiger charge is 2.12. The van der Waals surface area contributed by atoms with Gasteiger partial charge in [-0.3, -0.25) is 4.79 Å². The number of halogens is 1. The largest absolute Gasteiger partial charge is 0.484 e. The number of carbonyl (C=O) groups is 1. The molecule has 0 heterocycles. The second-order valence-electron chi connectivity index (χ2n) is 3.97. The number of amides is 1. The third kappa shape index (κ3) is 6.56. The highest BCUT2D eigenvalue weighted by Crippen LogP contribution is 2.15. The van der Waals surface area contributed by atoms with Gasteiger partial charge in [0, 0.05) is 18.2 Å². The van der Waals surface area contributed by atoms with Crippen LogP contribution >= 0.6 is 15.9 Å². The molecule has 1 rings (SSSR count). The molecule has 0 aliphatic carbocycles. The van der Waals surface area contributed by atoms with Crippen molar-refractivity contribution in [1.82, 2.24) is 5.32 Å². The molecule has 1 amide bonds. The Balaban J connectivity index is 2.35. The summed E-state index contributed by atoms with van der Waals surface area (Å²) in [6.07, 6.45) is 0.456. The lowest BCUT2D eigenvalue weighted by Gasteiger charge is -2.16. The van der Waals surface area contributed by atoms with Gasteiger partial charge in [0.15, 0.2) is 6.61 Å². The van der Waals surface area contributed by atoms with Crippen molar-refractivity contribution in [1.29, 1.82) is 0 Å². The first kappa shape index (κ1) is 15.9. The van der Waals surface area contributed by atoms with Crippen LogP contribution in [0.25, 0.3) is 0 Å². The van der Waals surface area contributed by atoms with Crippen molar-refractivity contribution in [3.8, 4) is 5.75 Å². The third-order valence-corrected chi connectivity index (χ3v) is 2.92. The van der Waals surface area contributed by atoms with E-state index in [0.29, 0.717) is 18.8 Å². The lowest BCUT2D eigenvalue weighted by Crippen LogP contribution is -2.41. The van der Waals surface area contributed by atoms with Gasteiger partial charge in [0.05, 0.1) is 12.6 Å². The Labute approximate surface area is 121 Å². The number of aliphatic hydroxyl groups excluding tert-OH is 1. The normalized spacial score (nSPS) is 11.9. The van der Waals surface area contributed by atoms with Crippen LogP contribution in [0.15, 0.2) is 28.7 Å². The van der Waals surface area contributed by atoms with Gasteiger partial charge < -0.3 is 19.9 Å². The highest BCUT2D eigenvalue weighted by molar-refractivity contribution is 9.10. The number of hydrogen-bond acceptors (Lipinski definition) is 4. The molecule has 1 atom stereocenters. The first-order valence-electron chi connectivity index (χ1n) is 5.93. The van der Waals surface area contributed by atoms with Crippen LogP contribution in [0.4, 0.5) is 0 Å². The Morgan fingerprint density at radius 2 is 2.11 bits per heavy atom. The van der Waals surface area contributed by atoms with Crippen LogP contribution in [0.5, 0.6) is 5.75 Å². The van der Waals surface area contributed by atoms with E-state index in [1.165, 1.54) is 0 Å². The van der Waals surface area contributed by atoms with Crippen LogP contribution in [0, 0.1) is 0 Å². The zero-order chi connectivity index (χ0) is 14.1. The average Bonchev–Trinajstić information content (AvgIpc) is 2.39. The fourth-order valence-corrected chi connectivity index (χ4v) is 1.77. The predicted molar refractivity (Wildman–Crippen MR) is 75.1 cm³/mol. The van der Waals surface area contributed by atoms with E-state index >= 15 is 0 Å². The Bertz CT molecular complexity index is 377. The molecule has 0 aliphatic rings. The minimum absolute atomic E-state index is 0.00186. The summed E-state index contributed by atoms with van der Waals surface area (Å²) >= 11 is 3.32. The second kappa shape index (κ2) is 8.90. The molecule has 106 valence electrons. The van der Waals surface area contributed by atoms with E-state index in [4.69, 9.17) is 14.6 Å². The van der Waals surface area contributed by atoms with Gasteiger partial charge in [-0.05, 0) is 30.7 Å². The molecule has 19 heavy (non-hydrogen) atoms. The maximum absolute atomic E-state index is 11.7. The van der Waals surface area contributed by atoms with Gasteiger partial charge in [0.2, 0.25) is 0 Å². The monoisotopic (exact) mass is 331 g/mol. The minimum Gasteiger partial charge on any atom is -0.484 e. The number of nitrogens with one attached hydrogen (secondary N) is 1. The molecule has 0 saturated heterocycles. The molecule has 1 aromatic carbocycles. The second-order valence-corrected chi connectivity index (χ2v) is 4.89. The van der Waals surface area contributed by atoms with E-state index in [1.807, 2.05) is 12.1 Å². The molecule has 0 aliphatic heterocycles. The highest BCUT2D eigenvalue weighted by atomic mass is 79.9. The lowest BCUT2D eigenvalue weighted by atomic mass is 10.2. The molecule has 0 saturated carbocycles. The van der Waals surface area contributed by atoms with E-state index in [0.717, 1.165) is 4.47 Å². The molecule has 5 nitrogen and oxygen atoms in total. The Hall–Kier alpha value is -1.11. The van der Waals surface area contributed by atoms with Crippen LogP contribution in [-0.2, 0) is 9.53 Å². The van der Waals surface area contributed by atoms with Gasteiger partial charge in [-0.25, -0.2) is 0 Å². The summed E-state index contributed by atoms with van der Waals surface area (Å²) in [6, 6.07) is 7.03. The van der Waals surface area contributed by atoms with Gasteiger partial charge in [-0.1, -0.05) is 15.9 Å². The zero-order valence-electron chi connectivity index (χ0n) is 10.8. The lowest BCUT2D eigenvalue weighted by molar-refractivity contribution is -0.124. The summed E-state index contributed by atoms with van der Waals surface area (Å²) in [4.78, 5) is 11.7. The van der Waals surface area contributed by atoms with Crippen molar-refractivity contribution < 1.29 is 19.4 Å². The van der Waals surface area contributed by atoms with E-state index in [2.05, 4.69) is 21.2 Å². The van der Waals surface area contributed by atoms with Crippen molar-refractivity contribution in [2.75, 3.05) is 26.9 Å². The van der Waals surface area contributed by atoms with Crippen molar-refractivity contribution in [2.45, 2.75) is 12.5 Å². The summed E-state index contributed by atoms with van der Waals surface area (Å²) in [6.45, 7) is 0.305. The van der Waals surface area contributed by atoms with Gasteiger partial charge in [-0.2, -0.15) is 0 Å². The topological polar surface area (TPSA) is 67.8 Å². The maximum Gasteiger partial charge on any atom is 0.258 e. The SMILES string of the molecule is COCC(CCO)NC(=O)COc1ccc(Br)cc1. The van der Waals surface area contributed by atoms with Gasteiger partial charge in [0.25, 0.3) is 5.91 Å². The molecule has 1 aromatic rings. The zero-order valence-corrected chi connectivity index (χ0v) is 12.4. The Kier molecular flexibility index (Phi) is 7.47. The summed E-state index contributed by atoms with van der Waals surface area (Å²) in [7, 11) is 1.55. The molecule has 0 bridgehead atoms. The van der Waals surface area contributed by atoms with Crippen LogP contribution in [-0.4, -0.2) is 44.0 Å². The molecule has 2 N–H and O–H groups in total. The molecular weight excluding hydrogens is 314 g/mol. The number of rotatable bonds is 8. The standard InChI is InChI=1S/C13H18BrNO4/c1-18-8-11(6-7-16)15-13(17)9-19-12-4-2-10(14)3-5-12/h2-5,11,16H,6-9H2,1H3,(H,15,17). The fraction of sp³-hybridized carbons (Fsp3) is 0.462. The Morgan fingerprint density at radius 3 is 2.68 bits per heavy atom. The number of carbonyl (C=O) groups excluding carboxylic acids is 1. The van der Waals surface area contributed by atoms with Gasteiger partial charge >= 0.3 is 0 Å². The van der Waals surface area contributed by atoms with Crippen molar-refractivity contribution in [2.24, 2.45) is 0 Å². The minimum atomic E-state index is -0.238. The van der Waals surface area contributed by atoms with Crippen LogP contribution in [0.2, 0.25) is 0 Å². The molecule has 6 heteroatoms. The van der Waals surface area contributed by atoms with Crippen molar-refractivity contribution in [3.63, 3.8) is 0 Å². The molecule has 0 aromatic heterocycles.